The second-order valence-corrected chi connectivity index (χ2v) is 5.60. The molecule has 2 N–H and O–H groups in total. The van der Waals surface area contributed by atoms with Crippen LogP contribution in [0.2, 0.25) is 0 Å². The number of nitrogens with one attached hydrogen (secondary N) is 1. The molecule has 0 aliphatic carbocycles. The summed E-state index contributed by atoms with van der Waals surface area (Å²) < 4.78 is 5.21. The number of methoxy groups -OCH3 is 1. The highest BCUT2D eigenvalue weighted by molar-refractivity contribution is 7.49. The minimum Gasteiger partial charge on any atom is -0.373 e. The van der Waals surface area contributed by atoms with Gasteiger partial charge < -0.3 is 9.63 Å². The lowest BCUT2D eigenvalue weighted by Crippen LogP contribution is -2.46. The molecule has 0 fully saturated rings. The zero-order valence-electron chi connectivity index (χ0n) is 10.7. The Hall–Kier alpha value is 0.270. The summed E-state index contributed by atoms with van der Waals surface area (Å²) in [5.41, 5.74) is 0. The maximum Gasteiger partial charge on any atom is 0.143 e. The molecule has 0 aromatic heterocycles. The van der Waals surface area contributed by atoms with Crippen LogP contribution >= 0.6 is 8.30 Å². The minimum atomic E-state index is -1.29. The quantitative estimate of drug-likeness (QED) is 0.526. The Balaban J connectivity index is 4.27. The maximum atomic E-state index is 9.96. The van der Waals surface area contributed by atoms with Gasteiger partial charge in [0.25, 0.3) is 0 Å². The Labute approximate surface area is 94.9 Å². The fraction of sp³-hybridized carbons (Fsp3) is 1.00. The topological polar surface area (TPSA) is 44.7 Å². The zero-order chi connectivity index (χ0) is 12.0. The number of hydrogen-bond donors (Lipinski definition) is 2. The van der Waals surface area contributed by atoms with Crippen LogP contribution in [0, 0.1) is 0 Å². The second kappa shape index (κ2) is 7.53. The van der Waals surface area contributed by atoms with Gasteiger partial charge in [0.2, 0.25) is 0 Å². The molecule has 4 nitrogen and oxygen atoms in total. The first-order valence-electron chi connectivity index (χ1n) is 5.49. The summed E-state index contributed by atoms with van der Waals surface area (Å²) in [4.78, 5) is 9.96. The first kappa shape index (κ1) is 15.3. The van der Waals surface area contributed by atoms with Crippen LogP contribution in [0.3, 0.4) is 0 Å². The van der Waals surface area contributed by atoms with Gasteiger partial charge in [0.1, 0.15) is 14.1 Å². The normalized spacial score (nSPS) is 16.4. The lowest BCUT2D eigenvalue weighted by molar-refractivity contribution is 0.121. The molecule has 0 radical (unpaired) electrons. The largest absolute Gasteiger partial charge is 0.373 e. The molecule has 0 amide bonds. The third kappa shape index (κ3) is 5.23. The molecular weight excluding hydrogens is 211 g/mol. The van der Waals surface area contributed by atoms with E-state index in [2.05, 4.69) is 37.9 Å². The molecule has 0 bridgehead atoms. The van der Waals surface area contributed by atoms with Crippen molar-refractivity contribution in [1.29, 1.82) is 0 Å². The van der Waals surface area contributed by atoms with Crippen LogP contribution in [0.5, 0.6) is 0 Å². The molecule has 0 heterocycles. The molecule has 0 aliphatic heterocycles. The van der Waals surface area contributed by atoms with Crippen molar-refractivity contribution in [3.05, 3.63) is 0 Å². The minimum absolute atomic E-state index is 0.0972. The lowest BCUT2D eigenvalue weighted by Gasteiger charge is -2.34. The molecule has 5 heteroatoms. The predicted octanol–water partition coefficient (Wildman–Crippen LogP) is 2.30. The van der Waals surface area contributed by atoms with E-state index >= 15 is 0 Å². The van der Waals surface area contributed by atoms with Crippen molar-refractivity contribution < 1.29 is 9.63 Å². The SMILES string of the molecule is CCC(OC)P(O)NN(C(C)C)C(C)C. The highest BCUT2D eigenvalue weighted by Gasteiger charge is 2.22. The van der Waals surface area contributed by atoms with Gasteiger partial charge in [-0.25, -0.2) is 10.2 Å². The van der Waals surface area contributed by atoms with Gasteiger partial charge in [0.05, 0.1) is 0 Å². The fourth-order valence-electron chi connectivity index (χ4n) is 1.45. The van der Waals surface area contributed by atoms with Gasteiger partial charge >= 0.3 is 0 Å². The van der Waals surface area contributed by atoms with Gasteiger partial charge in [0.15, 0.2) is 0 Å². The van der Waals surface area contributed by atoms with Crippen molar-refractivity contribution in [2.75, 3.05) is 7.11 Å². The van der Waals surface area contributed by atoms with Crippen molar-refractivity contribution in [2.45, 2.75) is 59.0 Å². The van der Waals surface area contributed by atoms with E-state index in [0.29, 0.717) is 12.1 Å². The second-order valence-electron chi connectivity index (χ2n) is 4.14. The molecule has 0 rings (SSSR count). The van der Waals surface area contributed by atoms with Crippen molar-refractivity contribution in [2.24, 2.45) is 0 Å². The predicted molar refractivity (Wildman–Crippen MR) is 65.5 cm³/mol. The third-order valence-corrected chi connectivity index (χ3v) is 3.78. The highest BCUT2D eigenvalue weighted by Crippen LogP contribution is 2.35. The summed E-state index contributed by atoms with van der Waals surface area (Å²) in [6, 6.07) is 0.716. The van der Waals surface area contributed by atoms with E-state index in [1.54, 1.807) is 7.11 Å². The van der Waals surface area contributed by atoms with Crippen LogP contribution in [0.4, 0.5) is 0 Å². The molecular formula is C10H25N2O2P. The van der Waals surface area contributed by atoms with E-state index in [9.17, 15) is 4.89 Å². The van der Waals surface area contributed by atoms with Crippen molar-refractivity contribution in [3.8, 4) is 0 Å². The number of hydrogen-bond acceptors (Lipinski definition) is 4. The van der Waals surface area contributed by atoms with E-state index in [-0.39, 0.29) is 5.85 Å². The summed E-state index contributed by atoms with van der Waals surface area (Å²) >= 11 is 0. The Kier molecular flexibility index (Phi) is 7.66. The average Bonchev–Trinajstić information content (AvgIpc) is 2.15. The molecule has 0 saturated carbocycles. The van der Waals surface area contributed by atoms with Crippen LogP contribution in [0.25, 0.3) is 0 Å². The molecule has 0 aromatic rings. The number of nitrogens with zero attached hydrogens (tertiary/aromatic N) is 1. The lowest BCUT2D eigenvalue weighted by atomic mass is 10.3. The van der Waals surface area contributed by atoms with Crippen LogP contribution in [0.15, 0.2) is 0 Å². The molecule has 2 unspecified atom stereocenters. The summed E-state index contributed by atoms with van der Waals surface area (Å²) in [5, 5.41) is 5.21. The molecule has 15 heavy (non-hydrogen) atoms. The van der Waals surface area contributed by atoms with Gasteiger partial charge in [0, 0.05) is 19.2 Å². The van der Waals surface area contributed by atoms with Crippen molar-refractivity contribution in [1.82, 2.24) is 10.2 Å². The van der Waals surface area contributed by atoms with Gasteiger partial charge in [-0.05, 0) is 34.1 Å². The summed E-state index contributed by atoms with van der Waals surface area (Å²) in [7, 11) is 0.341. The number of rotatable bonds is 7. The van der Waals surface area contributed by atoms with Crippen molar-refractivity contribution in [3.63, 3.8) is 0 Å². The summed E-state index contributed by atoms with van der Waals surface area (Å²) in [5.74, 6) is -0.0972. The monoisotopic (exact) mass is 236 g/mol. The highest BCUT2D eigenvalue weighted by atomic mass is 31.2. The van der Waals surface area contributed by atoms with Crippen LogP contribution in [-0.2, 0) is 4.74 Å². The van der Waals surface area contributed by atoms with E-state index < -0.39 is 8.30 Å². The fourth-order valence-corrected chi connectivity index (χ4v) is 2.82. The van der Waals surface area contributed by atoms with E-state index in [4.69, 9.17) is 4.74 Å². The Morgan fingerprint density at radius 2 is 1.73 bits per heavy atom. The zero-order valence-corrected chi connectivity index (χ0v) is 11.6. The van der Waals surface area contributed by atoms with E-state index in [1.165, 1.54) is 0 Å². The molecule has 0 saturated heterocycles. The summed E-state index contributed by atoms with van der Waals surface area (Å²) in [6.07, 6.45) is 0.815. The average molecular weight is 236 g/mol. The van der Waals surface area contributed by atoms with Crippen LogP contribution < -0.4 is 5.20 Å². The molecule has 0 spiro atoms. The summed E-state index contributed by atoms with van der Waals surface area (Å²) in [6.45, 7) is 10.4. The Morgan fingerprint density at radius 1 is 1.27 bits per heavy atom. The van der Waals surface area contributed by atoms with Gasteiger partial charge in [-0.15, -0.1) is 0 Å². The Morgan fingerprint density at radius 3 is 2.00 bits per heavy atom. The van der Waals surface area contributed by atoms with Crippen LogP contribution in [0.1, 0.15) is 41.0 Å². The molecule has 2 atom stereocenters. The first-order valence-corrected chi connectivity index (χ1v) is 6.85. The van der Waals surface area contributed by atoms with Gasteiger partial charge in [-0.3, -0.25) is 0 Å². The molecule has 0 aliphatic rings. The maximum absolute atomic E-state index is 9.96. The number of hydrazine groups is 1. The van der Waals surface area contributed by atoms with E-state index in [1.807, 2.05) is 6.92 Å². The number of ether oxygens (including phenoxy) is 1. The van der Waals surface area contributed by atoms with E-state index in [0.717, 1.165) is 6.42 Å². The van der Waals surface area contributed by atoms with Crippen molar-refractivity contribution >= 4 is 8.30 Å². The molecule has 0 aromatic carbocycles. The third-order valence-electron chi connectivity index (χ3n) is 2.22. The van der Waals surface area contributed by atoms with Crippen LogP contribution in [-0.4, -0.2) is 34.9 Å². The standard InChI is InChI=1S/C10H25N2O2P/c1-7-10(14-6)15(13)11-12(8(2)3)9(4)5/h8-11,13H,7H2,1-6H3. The molecule has 92 valence electrons. The van der Waals surface area contributed by atoms with Gasteiger partial charge in [-0.2, -0.15) is 0 Å². The van der Waals surface area contributed by atoms with Gasteiger partial charge in [-0.1, -0.05) is 6.92 Å². The smallest absolute Gasteiger partial charge is 0.143 e. The Bertz CT molecular complexity index is 156. The first-order chi connectivity index (χ1) is 6.93.